The van der Waals surface area contributed by atoms with E-state index < -0.39 is 17.9 Å². The van der Waals surface area contributed by atoms with E-state index in [0.717, 1.165) is 5.69 Å². The molecule has 2 N–H and O–H groups in total. The van der Waals surface area contributed by atoms with Crippen molar-refractivity contribution in [3.05, 3.63) is 17.5 Å². The number of carboxylic acids is 1. The molecule has 0 spiro atoms. The number of carbonyl (C=O) groups is 2. The summed E-state index contributed by atoms with van der Waals surface area (Å²) in [6, 6.07) is 0.788. The number of carbonyl (C=O) groups excluding carboxylic acids is 1. The minimum Gasteiger partial charge on any atom is -0.480 e. The largest absolute Gasteiger partial charge is 0.480 e. The Bertz CT molecular complexity index is 477. The van der Waals surface area contributed by atoms with E-state index in [4.69, 9.17) is 5.11 Å². The smallest absolute Gasteiger partial charge is 0.326 e. The van der Waals surface area contributed by atoms with E-state index in [1.54, 1.807) is 31.6 Å². The van der Waals surface area contributed by atoms with E-state index in [1.165, 1.54) is 0 Å². The number of hydrogen-bond donors (Lipinski definition) is 2. The monoisotopic (exact) mass is 267 g/mol. The quantitative estimate of drug-likeness (QED) is 0.844. The highest BCUT2D eigenvalue weighted by Crippen LogP contribution is 2.15. The predicted molar refractivity (Wildman–Crippen MR) is 71.0 cm³/mol. The summed E-state index contributed by atoms with van der Waals surface area (Å²) in [6.07, 6.45) is 0. The minimum atomic E-state index is -1.04. The Labute approximate surface area is 112 Å². The summed E-state index contributed by atoms with van der Waals surface area (Å²) in [5.41, 5.74) is 1.18. The fraction of sp³-hybridized carbons (Fsp3) is 0.615. The van der Waals surface area contributed by atoms with Gasteiger partial charge in [-0.1, -0.05) is 27.7 Å². The number of amides is 1. The van der Waals surface area contributed by atoms with Crippen LogP contribution in [0.15, 0.2) is 6.07 Å². The molecule has 0 saturated carbocycles. The molecule has 1 aromatic heterocycles. The Morgan fingerprint density at radius 3 is 2.26 bits per heavy atom. The lowest BCUT2D eigenvalue weighted by Crippen LogP contribution is -2.44. The van der Waals surface area contributed by atoms with E-state index in [1.807, 2.05) is 13.8 Å². The normalized spacial score (nSPS) is 12.8. The molecule has 1 rings (SSSR count). The second kappa shape index (κ2) is 5.86. The molecule has 0 aliphatic rings. The lowest BCUT2D eigenvalue weighted by Gasteiger charge is -2.16. The average Bonchev–Trinajstić information content (AvgIpc) is 2.67. The Morgan fingerprint density at radius 2 is 1.89 bits per heavy atom. The molecule has 19 heavy (non-hydrogen) atoms. The first-order valence-electron chi connectivity index (χ1n) is 6.31. The molecule has 0 fully saturated rings. The summed E-state index contributed by atoms with van der Waals surface area (Å²) < 4.78 is 1.64. The topological polar surface area (TPSA) is 84.2 Å². The van der Waals surface area contributed by atoms with Crippen LogP contribution in [0, 0.1) is 5.92 Å². The summed E-state index contributed by atoms with van der Waals surface area (Å²) in [5, 5.41) is 15.7. The maximum Gasteiger partial charge on any atom is 0.326 e. The average molecular weight is 267 g/mol. The van der Waals surface area contributed by atoms with Crippen molar-refractivity contribution in [2.24, 2.45) is 13.0 Å². The predicted octanol–water partition coefficient (Wildman–Crippen LogP) is 1.38. The molecule has 0 aliphatic heterocycles. The molecular formula is C13H21N3O3. The van der Waals surface area contributed by atoms with Crippen molar-refractivity contribution in [2.45, 2.75) is 39.7 Å². The first-order chi connectivity index (χ1) is 8.73. The molecule has 106 valence electrons. The molecule has 1 aromatic rings. The zero-order chi connectivity index (χ0) is 14.7. The molecular weight excluding hydrogens is 246 g/mol. The number of rotatable bonds is 5. The highest BCUT2D eigenvalue weighted by molar-refractivity contribution is 5.95. The van der Waals surface area contributed by atoms with Gasteiger partial charge in [0.25, 0.3) is 5.91 Å². The Kier molecular flexibility index (Phi) is 4.69. The van der Waals surface area contributed by atoms with Crippen LogP contribution in [0.2, 0.25) is 0 Å². The molecule has 1 atom stereocenters. The third-order valence-corrected chi connectivity index (χ3v) is 2.96. The van der Waals surface area contributed by atoms with Gasteiger partial charge in [0.15, 0.2) is 0 Å². The number of hydrogen-bond acceptors (Lipinski definition) is 3. The van der Waals surface area contributed by atoms with Crippen LogP contribution in [0.4, 0.5) is 0 Å². The molecule has 0 aromatic carbocycles. The van der Waals surface area contributed by atoms with Crippen molar-refractivity contribution < 1.29 is 14.7 Å². The van der Waals surface area contributed by atoms with E-state index in [-0.39, 0.29) is 17.5 Å². The van der Waals surface area contributed by atoms with Crippen LogP contribution in [-0.2, 0) is 11.8 Å². The summed E-state index contributed by atoms with van der Waals surface area (Å²) in [7, 11) is 1.77. The van der Waals surface area contributed by atoms with Crippen LogP contribution in [0.1, 0.15) is 49.8 Å². The summed E-state index contributed by atoms with van der Waals surface area (Å²) in [4.78, 5) is 23.0. The highest BCUT2D eigenvalue weighted by Gasteiger charge is 2.25. The van der Waals surface area contributed by atoms with Gasteiger partial charge in [-0.15, -0.1) is 0 Å². The number of aryl methyl sites for hydroxylation is 1. The molecule has 0 radical (unpaired) electrons. The number of nitrogens with zero attached hydrogens (tertiary/aromatic N) is 2. The zero-order valence-corrected chi connectivity index (χ0v) is 12.0. The van der Waals surface area contributed by atoms with E-state index in [0.29, 0.717) is 0 Å². The van der Waals surface area contributed by atoms with Crippen LogP contribution < -0.4 is 5.32 Å². The second-order valence-electron chi connectivity index (χ2n) is 5.27. The lowest BCUT2D eigenvalue weighted by atomic mass is 10.0. The Balaban J connectivity index is 2.89. The second-order valence-corrected chi connectivity index (χ2v) is 5.27. The van der Waals surface area contributed by atoms with Crippen LogP contribution >= 0.6 is 0 Å². The SMILES string of the molecule is CC(C)c1cc(C(=O)N[C@@H](C(=O)O)C(C)C)nn1C. The molecule has 1 heterocycles. The van der Waals surface area contributed by atoms with Crippen LogP contribution in [-0.4, -0.2) is 32.8 Å². The molecule has 6 heteroatoms. The van der Waals surface area contributed by atoms with Crippen molar-refractivity contribution in [3.63, 3.8) is 0 Å². The van der Waals surface area contributed by atoms with Crippen molar-refractivity contribution in [2.75, 3.05) is 0 Å². The number of carboxylic acid groups (broad SMARTS) is 1. The highest BCUT2D eigenvalue weighted by atomic mass is 16.4. The molecule has 0 unspecified atom stereocenters. The van der Waals surface area contributed by atoms with Gasteiger partial charge < -0.3 is 10.4 Å². The van der Waals surface area contributed by atoms with Gasteiger partial charge in [-0.3, -0.25) is 9.48 Å². The van der Waals surface area contributed by atoms with Gasteiger partial charge in [-0.05, 0) is 17.9 Å². The van der Waals surface area contributed by atoms with E-state index in [9.17, 15) is 9.59 Å². The summed E-state index contributed by atoms with van der Waals surface area (Å²) >= 11 is 0. The summed E-state index contributed by atoms with van der Waals surface area (Å²) in [5.74, 6) is -1.43. The molecule has 1 amide bonds. The third-order valence-electron chi connectivity index (χ3n) is 2.96. The van der Waals surface area contributed by atoms with Gasteiger partial charge in [0.05, 0.1) is 0 Å². The van der Waals surface area contributed by atoms with Crippen molar-refractivity contribution >= 4 is 11.9 Å². The molecule has 6 nitrogen and oxygen atoms in total. The van der Waals surface area contributed by atoms with Crippen LogP contribution in [0.25, 0.3) is 0 Å². The number of nitrogens with one attached hydrogen (secondary N) is 1. The van der Waals surface area contributed by atoms with Crippen LogP contribution in [0.5, 0.6) is 0 Å². The van der Waals surface area contributed by atoms with Crippen molar-refractivity contribution in [1.29, 1.82) is 0 Å². The fourth-order valence-electron chi connectivity index (χ4n) is 1.86. The summed E-state index contributed by atoms with van der Waals surface area (Å²) in [6.45, 7) is 7.51. The van der Waals surface area contributed by atoms with E-state index >= 15 is 0 Å². The Hall–Kier alpha value is -1.85. The Morgan fingerprint density at radius 1 is 1.32 bits per heavy atom. The van der Waals surface area contributed by atoms with E-state index in [2.05, 4.69) is 10.4 Å². The maximum absolute atomic E-state index is 12.0. The zero-order valence-electron chi connectivity index (χ0n) is 12.0. The lowest BCUT2D eigenvalue weighted by molar-refractivity contribution is -0.140. The van der Waals surface area contributed by atoms with Gasteiger partial charge in [-0.2, -0.15) is 5.10 Å². The molecule has 0 aliphatic carbocycles. The number of aromatic nitrogens is 2. The van der Waals surface area contributed by atoms with Gasteiger partial charge in [-0.25, -0.2) is 4.79 Å². The number of aliphatic carboxylic acids is 1. The van der Waals surface area contributed by atoms with Crippen molar-refractivity contribution in [3.8, 4) is 0 Å². The fourth-order valence-corrected chi connectivity index (χ4v) is 1.86. The van der Waals surface area contributed by atoms with Gasteiger partial charge in [0.2, 0.25) is 0 Å². The van der Waals surface area contributed by atoms with Crippen LogP contribution in [0.3, 0.4) is 0 Å². The maximum atomic E-state index is 12.0. The minimum absolute atomic E-state index is 0.185. The first kappa shape index (κ1) is 15.2. The molecule has 0 saturated heterocycles. The molecule has 0 bridgehead atoms. The van der Waals surface area contributed by atoms with Crippen molar-refractivity contribution in [1.82, 2.24) is 15.1 Å². The van der Waals surface area contributed by atoms with Gasteiger partial charge in [0, 0.05) is 12.7 Å². The first-order valence-corrected chi connectivity index (χ1v) is 6.31. The van der Waals surface area contributed by atoms with Gasteiger partial charge in [0.1, 0.15) is 11.7 Å². The third kappa shape index (κ3) is 3.56. The van der Waals surface area contributed by atoms with Gasteiger partial charge >= 0.3 is 5.97 Å². The standard InChI is InChI=1S/C13H21N3O3/c1-7(2)10-6-9(15-16(10)5)12(17)14-11(8(3)4)13(18)19/h6-8,11H,1-5H3,(H,14,17)(H,18,19)/t11-/m1/s1.